The van der Waals surface area contributed by atoms with Gasteiger partial charge in [-0.1, -0.05) is 28.1 Å². The fraction of sp³-hybridized carbons (Fsp3) is 0.391. The standard InChI is InChI=1S/C23H25BrN2O4/c24-18-4-1-3-17(15-18)23(10-13-29-14-11-23)25-21(27)16-30-20-8-6-19(7-9-20)26-12-2-5-22(26)28/h1,3-4,6-9,15H,2,5,10-14,16H2,(H,25,27). The number of halogens is 1. The Kier molecular flexibility index (Phi) is 6.39. The first-order valence-corrected chi connectivity index (χ1v) is 11.0. The van der Waals surface area contributed by atoms with Crippen LogP contribution in [-0.4, -0.2) is 38.2 Å². The molecule has 2 amide bonds. The summed E-state index contributed by atoms with van der Waals surface area (Å²) in [6.45, 7) is 1.89. The molecule has 2 saturated heterocycles. The summed E-state index contributed by atoms with van der Waals surface area (Å²) in [7, 11) is 0. The number of amides is 2. The third-order valence-corrected chi connectivity index (χ3v) is 6.19. The van der Waals surface area contributed by atoms with Gasteiger partial charge in [0.05, 0.1) is 5.54 Å². The van der Waals surface area contributed by atoms with Crippen LogP contribution in [0.4, 0.5) is 5.69 Å². The predicted octanol–water partition coefficient (Wildman–Crippen LogP) is 3.78. The van der Waals surface area contributed by atoms with E-state index < -0.39 is 5.54 Å². The third kappa shape index (κ3) is 4.68. The number of rotatable bonds is 6. The Bertz CT molecular complexity index is 910. The Labute approximate surface area is 184 Å². The van der Waals surface area contributed by atoms with Crippen molar-refractivity contribution in [2.24, 2.45) is 0 Å². The number of hydrogen-bond donors (Lipinski definition) is 1. The van der Waals surface area contributed by atoms with E-state index in [1.807, 2.05) is 36.4 Å². The van der Waals surface area contributed by atoms with E-state index in [4.69, 9.17) is 9.47 Å². The van der Waals surface area contributed by atoms with Crippen LogP contribution in [-0.2, 0) is 19.9 Å². The Morgan fingerprint density at radius 1 is 1.17 bits per heavy atom. The zero-order valence-corrected chi connectivity index (χ0v) is 18.3. The van der Waals surface area contributed by atoms with Gasteiger partial charge in [0, 0.05) is 36.3 Å². The van der Waals surface area contributed by atoms with Crippen LogP contribution in [0, 0.1) is 0 Å². The van der Waals surface area contributed by atoms with Gasteiger partial charge in [0.25, 0.3) is 5.91 Å². The van der Waals surface area contributed by atoms with Gasteiger partial charge in [-0.3, -0.25) is 9.59 Å². The predicted molar refractivity (Wildman–Crippen MR) is 118 cm³/mol. The lowest BCUT2D eigenvalue weighted by molar-refractivity contribution is -0.126. The number of nitrogens with zero attached hydrogens (tertiary/aromatic N) is 1. The molecule has 2 heterocycles. The second-order valence-electron chi connectivity index (χ2n) is 7.68. The summed E-state index contributed by atoms with van der Waals surface area (Å²) < 4.78 is 12.2. The van der Waals surface area contributed by atoms with E-state index in [2.05, 4.69) is 21.2 Å². The molecule has 0 aliphatic carbocycles. The lowest BCUT2D eigenvalue weighted by Crippen LogP contribution is -2.50. The van der Waals surface area contributed by atoms with Crippen molar-refractivity contribution in [1.82, 2.24) is 5.32 Å². The Morgan fingerprint density at radius 2 is 1.93 bits per heavy atom. The molecule has 0 aromatic heterocycles. The highest BCUT2D eigenvalue weighted by molar-refractivity contribution is 9.10. The fourth-order valence-electron chi connectivity index (χ4n) is 4.09. The Balaban J connectivity index is 1.39. The van der Waals surface area contributed by atoms with E-state index >= 15 is 0 Å². The highest BCUT2D eigenvalue weighted by Crippen LogP contribution is 2.33. The van der Waals surface area contributed by atoms with Gasteiger partial charge in [-0.15, -0.1) is 0 Å². The van der Waals surface area contributed by atoms with Crippen molar-refractivity contribution in [3.8, 4) is 5.75 Å². The first-order valence-electron chi connectivity index (χ1n) is 10.2. The minimum atomic E-state index is -0.456. The number of ether oxygens (including phenoxy) is 2. The van der Waals surface area contributed by atoms with Crippen molar-refractivity contribution in [3.05, 3.63) is 58.6 Å². The smallest absolute Gasteiger partial charge is 0.258 e. The highest BCUT2D eigenvalue weighted by Gasteiger charge is 2.36. The van der Waals surface area contributed by atoms with Gasteiger partial charge < -0.3 is 19.7 Å². The van der Waals surface area contributed by atoms with E-state index in [9.17, 15) is 9.59 Å². The summed E-state index contributed by atoms with van der Waals surface area (Å²) >= 11 is 3.52. The lowest BCUT2D eigenvalue weighted by Gasteiger charge is -2.38. The minimum absolute atomic E-state index is 0.0708. The number of benzene rings is 2. The van der Waals surface area contributed by atoms with Crippen molar-refractivity contribution >= 4 is 33.4 Å². The fourth-order valence-corrected chi connectivity index (χ4v) is 4.49. The monoisotopic (exact) mass is 472 g/mol. The van der Waals surface area contributed by atoms with Gasteiger partial charge in [0.15, 0.2) is 6.61 Å². The van der Waals surface area contributed by atoms with Crippen molar-refractivity contribution in [2.45, 2.75) is 31.2 Å². The molecule has 2 aromatic carbocycles. The van der Waals surface area contributed by atoms with Gasteiger partial charge in [0.2, 0.25) is 5.91 Å². The largest absolute Gasteiger partial charge is 0.484 e. The van der Waals surface area contributed by atoms with Crippen molar-refractivity contribution in [2.75, 3.05) is 31.3 Å². The van der Waals surface area contributed by atoms with Crippen LogP contribution in [0.2, 0.25) is 0 Å². The maximum atomic E-state index is 12.7. The van der Waals surface area contributed by atoms with E-state index in [1.54, 1.807) is 17.0 Å². The van der Waals surface area contributed by atoms with Gasteiger partial charge in [-0.25, -0.2) is 0 Å². The van der Waals surface area contributed by atoms with Crippen molar-refractivity contribution < 1.29 is 19.1 Å². The van der Waals surface area contributed by atoms with E-state index in [1.165, 1.54) is 0 Å². The molecule has 2 aliphatic rings. The number of hydrogen-bond acceptors (Lipinski definition) is 4. The molecule has 4 rings (SSSR count). The lowest BCUT2D eigenvalue weighted by atomic mass is 9.82. The Morgan fingerprint density at radius 3 is 2.60 bits per heavy atom. The maximum absolute atomic E-state index is 12.7. The summed E-state index contributed by atoms with van der Waals surface area (Å²) in [5.74, 6) is 0.581. The van der Waals surface area contributed by atoms with E-state index in [0.29, 0.717) is 38.2 Å². The molecular formula is C23H25BrN2O4. The van der Waals surface area contributed by atoms with Gasteiger partial charge in [-0.2, -0.15) is 0 Å². The first kappa shape index (κ1) is 20.9. The summed E-state index contributed by atoms with van der Waals surface area (Å²) in [6, 6.07) is 15.3. The molecule has 1 N–H and O–H groups in total. The molecule has 2 aromatic rings. The average Bonchev–Trinajstić information content (AvgIpc) is 3.19. The molecule has 6 nitrogen and oxygen atoms in total. The molecule has 0 unspecified atom stereocenters. The van der Waals surface area contributed by atoms with Gasteiger partial charge in [-0.05, 0) is 61.2 Å². The van der Waals surface area contributed by atoms with Crippen LogP contribution in [0.1, 0.15) is 31.2 Å². The molecule has 30 heavy (non-hydrogen) atoms. The molecule has 158 valence electrons. The van der Waals surface area contributed by atoms with E-state index in [-0.39, 0.29) is 18.4 Å². The minimum Gasteiger partial charge on any atom is -0.484 e. The number of anilines is 1. The van der Waals surface area contributed by atoms with Crippen molar-refractivity contribution in [3.63, 3.8) is 0 Å². The molecule has 7 heteroatoms. The second-order valence-corrected chi connectivity index (χ2v) is 8.60. The van der Waals surface area contributed by atoms with Crippen LogP contribution < -0.4 is 15.0 Å². The summed E-state index contributed by atoms with van der Waals surface area (Å²) in [6.07, 6.45) is 2.92. The first-order chi connectivity index (χ1) is 14.6. The molecule has 0 bridgehead atoms. The summed E-state index contributed by atoms with van der Waals surface area (Å²) in [5, 5.41) is 3.19. The molecule has 2 fully saturated rings. The summed E-state index contributed by atoms with van der Waals surface area (Å²) in [4.78, 5) is 26.4. The topological polar surface area (TPSA) is 67.9 Å². The normalized spacial score (nSPS) is 18.3. The molecule has 0 radical (unpaired) electrons. The SMILES string of the molecule is O=C(COc1ccc(N2CCCC2=O)cc1)NC1(c2cccc(Br)c2)CCOCC1. The van der Waals surface area contributed by atoms with E-state index in [0.717, 1.165) is 28.7 Å². The van der Waals surface area contributed by atoms with Crippen LogP contribution in [0.25, 0.3) is 0 Å². The molecule has 2 aliphatic heterocycles. The number of nitrogens with one attached hydrogen (secondary N) is 1. The second kappa shape index (κ2) is 9.18. The quantitative estimate of drug-likeness (QED) is 0.694. The van der Waals surface area contributed by atoms with Gasteiger partial charge >= 0.3 is 0 Å². The molecular weight excluding hydrogens is 448 g/mol. The Hall–Kier alpha value is -2.38. The zero-order chi connectivity index (χ0) is 21.0. The van der Waals surface area contributed by atoms with Crippen LogP contribution in [0.5, 0.6) is 5.75 Å². The third-order valence-electron chi connectivity index (χ3n) is 5.69. The molecule has 0 saturated carbocycles. The molecule has 0 spiro atoms. The van der Waals surface area contributed by atoms with Gasteiger partial charge in [0.1, 0.15) is 5.75 Å². The average molecular weight is 473 g/mol. The number of carbonyl (C=O) groups excluding carboxylic acids is 2. The highest BCUT2D eigenvalue weighted by atomic mass is 79.9. The van der Waals surface area contributed by atoms with Crippen LogP contribution in [0.15, 0.2) is 53.0 Å². The number of carbonyl (C=O) groups is 2. The summed E-state index contributed by atoms with van der Waals surface area (Å²) in [5.41, 5.74) is 1.47. The maximum Gasteiger partial charge on any atom is 0.258 e. The van der Waals surface area contributed by atoms with Crippen LogP contribution in [0.3, 0.4) is 0 Å². The molecule has 0 atom stereocenters. The van der Waals surface area contributed by atoms with Crippen molar-refractivity contribution in [1.29, 1.82) is 0 Å². The van der Waals surface area contributed by atoms with Crippen LogP contribution >= 0.6 is 15.9 Å². The zero-order valence-electron chi connectivity index (χ0n) is 16.7.